The number of hydrogen-bond donors (Lipinski definition) is 0. The van der Waals surface area contributed by atoms with Crippen molar-refractivity contribution in [3.8, 4) is 17.2 Å². The molecule has 2 aliphatic rings. The molecule has 0 saturated carbocycles. The third kappa shape index (κ3) is 3.82. The number of ether oxygens (including phenoxy) is 2. The van der Waals surface area contributed by atoms with Crippen LogP contribution in [-0.4, -0.2) is 53.4 Å². The Kier molecular flexibility index (Phi) is 5.23. The molecule has 2 fully saturated rings. The van der Waals surface area contributed by atoms with Gasteiger partial charge in [-0.05, 0) is 31.0 Å². The van der Waals surface area contributed by atoms with Gasteiger partial charge in [-0.3, -0.25) is 4.79 Å². The van der Waals surface area contributed by atoms with Crippen molar-refractivity contribution >= 4 is 5.91 Å². The van der Waals surface area contributed by atoms with Gasteiger partial charge in [-0.1, -0.05) is 17.3 Å². The molecule has 8 nitrogen and oxygen atoms in total. The summed E-state index contributed by atoms with van der Waals surface area (Å²) in [6, 6.07) is 9.33. The molecular formula is C22H23N3O5. The van der Waals surface area contributed by atoms with E-state index in [1.54, 1.807) is 11.0 Å². The molecular weight excluding hydrogens is 386 g/mol. The van der Waals surface area contributed by atoms with Crippen molar-refractivity contribution in [1.29, 1.82) is 0 Å². The number of carbonyl (C=O) groups is 1. The number of nitrogens with zero attached hydrogens (tertiary/aromatic N) is 3. The molecule has 1 atom stereocenters. The molecule has 3 aromatic rings. The first-order valence-electron chi connectivity index (χ1n) is 10.3. The van der Waals surface area contributed by atoms with Crippen LogP contribution in [0.15, 0.2) is 51.8 Å². The highest BCUT2D eigenvalue weighted by molar-refractivity contribution is 5.94. The molecule has 0 N–H and O–H groups in total. The van der Waals surface area contributed by atoms with Gasteiger partial charge in [0.15, 0.2) is 5.82 Å². The molecule has 0 aliphatic carbocycles. The molecule has 2 aromatic heterocycles. The van der Waals surface area contributed by atoms with Crippen LogP contribution in [0.1, 0.15) is 41.4 Å². The van der Waals surface area contributed by atoms with Crippen LogP contribution in [-0.2, 0) is 4.74 Å². The number of likely N-dealkylation sites (tertiary alicyclic amines) is 1. The molecule has 30 heavy (non-hydrogen) atoms. The molecule has 0 bridgehead atoms. The van der Waals surface area contributed by atoms with Crippen LogP contribution in [0.3, 0.4) is 0 Å². The maximum Gasteiger partial charge on any atom is 0.261 e. The van der Waals surface area contributed by atoms with E-state index in [9.17, 15) is 4.79 Å². The summed E-state index contributed by atoms with van der Waals surface area (Å²) < 4.78 is 22.2. The van der Waals surface area contributed by atoms with Gasteiger partial charge in [0.25, 0.3) is 11.8 Å². The molecule has 8 heteroatoms. The number of para-hydroxylation sites is 1. The standard InChI is InChI=1S/C22H23N3O5/c26-22(16-8-12-28-14-16)25-9-5-17(13-25)29-19-4-2-1-3-18(19)21-23-20(24-30-21)15-6-10-27-11-7-15/h1-4,8,12,14-15,17H,5-7,9-11,13H2. The molecule has 2 saturated heterocycles. The third-order valence-corrected chi connectivity index (χ3v) is 5.64. The normalized spacial score (nSPS) is 19.9. The second-order valence-corrected chi connectivity index (χ2v) is 7.63. The highest BCUT2D eigenvalue weighted by Crippen LogP contribution is 2.33. The Morgan fingerprint density at radius 3 is 2.83 bits per heavy atom. The van der Waals surface area contributed by atoms with E-state index in [2.05, 4.69) is 10.1 Å². The van der Waals surface area contributed by atoms with Crippen molar-refractivity contribution in [2.45, 2.75) is 31.3 Å². The first kappa shape index (κ1) is 18.9. The summed E-state index contributed by atoms with van der Waals surface area (Å²) in [4.78, 5) is 18.9. The second-order valence-electron chi connectivity index (χ2n) is 7.63. The predicted molar refractivity (Wildman–Crippen MR) is 106 cm³/mol. The Hall–Kier alpha value is -3.13. The van der Waals surface area contributed by atoms with Crippen molar-refractivity contribution in [3.05, 3.63) is 54.2 Å². The van der Waals surface area contributed by atoms with Gasteiger partial charge >= 0.3 is 0 Å². The lowest BCUT2D eigenvalue weighted by Gasteiger charge is -2.18. The second kappa shape index (κ2) is 8.31. The van der Waals surface area contributed by atoms with Gasteiger partial charge in [0.2, 0.25) is 0 Å². The fourth-order valence-electron chi connectivity index (χ4n) is 3.97. The highest BCUT2D eigenvalue weighted by atomic mass is 16.5. The number of hydrogen-bond acceptors (Lipinski definition) is 7. The maximum atomic E-state index is 12.5. The smallest absolute Gasteiger partial charge is 0.261 e. The van der Waals surface area contributed by atoms with Crippen LogP contribution in [0.2, 0.25) is 0 Å². The van der Waals surface area contributed by atoms with Gasteiger partial charge in [-0.2, -0.15) is 4.98 Å². The molecule has 1 amide bonds. The summed E-state index contributed by atoms with van der Waals surface area (Å²) in [5, 5.41) is 4.19. The largest absolute Gasteiger partial charge is 0.488 e. The molecule has 0 radical (unpaired) electrons. The lowest BCUT2D eigenvalue weighted by Crippen LogP contribution is -2.30. The molecule has 1 unspecified atom stereocenters. The zero-order valence-corrected chi connectivity index (χ0v) is 16.5. The monoisotopic (exact) mass is 409 g/mol. The Bertz CT molecular complexity index is 994. The average molecular weight is 409 g/mol. The van der Waals surface area contributed by atoms with Crippen LogP contribution in [0.4, 0.5) is 0 Å². The minimum atomic E-state index is -0.0973. The van der Waals surface area contributed by atoms with Crippen LogP contribution < -0.4 is 4.74 Å². The Balaban J connectivity index is 1.29. The first-order chi connectivity index (χ1) is 14.8. The van der Waals surface area contributed by atoms with Gasteiger partial charge < -0.3 is 23.3 Å². The topological polar surface area (TPSA) is 90.8 Å². The summed E-state index contributed by atoms with van der Waals surface area (Å²) in [5.41, 5.74) is 1.32. The number of amides is 1. The molecule has 0 spiro atoms. The van der Waals surface area contributed by atoms with Gasteiger partial charge in [0, 0.05) is 32.1 Å². The van der Waals surface area contributed by atoms with Crippen LogP contribution in [0.5, 0.6) is 5.75 Å². The first-order valence-corrected chi connectivity index (χ1v) is 10.3. The zero-order valence-electron chi connectivity index (χ0n) is 16.5. The summed E-state index contributed by atoms with van der Waals surface area (Å²) in [5.74, 6) is 2.09. The molecule has 2 aliphatic heterocycles. The molecule has 4 heterocycles. The SMILES string of the molecule is O=C(c1ccoc1)N1CCC(Oc2ccccc2-c2nc(C3CCOCC3)no2)C1. The van der Waals surface area contributed by atoms with Crippen LogP contribution >= 0.6 is 0 Å². The van der Waals surface area contributed by atoms with Gasteiger partial charge in [-0.25, -0.2) is 0 Å². The van der Waals surface area contributed by atoms with Gasteiger partial charge in [-0.15, -0.1) is 0 Å². The summed E-state index contributed by atoms with van der Waals surface area (Å²) in [7, 11) is 0. The Morgan fingerprint density at radius 1 is 1.13 bits per heavy atom. The van der Waals surface area contributed by atoms with Crippen molar-refractivity contribution in [2.24, 2.45) is 0 Å². The number of aromatic nitrogens is 2. The van der Waals surface area contributed by atoms with Crippen molar-refractivity contribution < 1.29 is 23.2 Å². The van der Waals surface area contributed by atoms with E-state index in [0.29, 0.717) is 30.3 Å². The summed E-state index contributed by atoms with van der Waals surface area (Å²) >= 11 is 0. The lowest BCUT2D eigenvalue weighted by atomic mass is 10.00. The lowest BCUT2D eigenvalue weighted by molar-refractivity contribution is 0.0771. The van der Waals surface area contributed by atoms with Gasteiger partial charge in [0.1, 0.15) is 18.1 Å². The molecule has 1 aromatic carbocycles. The summed E-state index contributed by atoms with van der Waals surface area (Å²) in [6.45, 7) is 2.62. The quantitative estimate of drug-likeness (QED) is 0.637. The third-order valence-electron chi connectivity index (χ3n) is 5.64. The van der Waals surface area contributed by atoms with E-state index in [-0.39, 0.29) is 17.9 Å². The average Bonchev–Trinajstić information content (AvgIpc) is 3.56. The van der Waals surface area contributed by atoms with Crippen molar-refractivity contribution in [2.75, 3.05) is 26.3 Å². The van der Waals surface area contributed by atoms with E-state index in [0.717, 1.165) is 43.9 Å². The van der Waals surface area contributed by atoms with Gasteiger partial charge in [0.05, 0.1) is 23.9 Å². The van der Waals surface area contributed by atoms with E-state index < -0.39 is 0 Å². The molecule has 156 valence electrons. The minimum absolute atomic E-state index is 0.0406. The fourth-order valence-corrected chi connectivity index (χ4v) is 3.97. The van der Waals surface area contributed by atoms with E-state index in [1.165, 1.54) is 12.5 Å². The Labute approximate surface area is 173 Å². The van der Waals surface area contributed by atoms with Crippen LogP contribution in [0.25, 0.3) is 11.5 Å². The fraction of sp³-hybridized carbons (Fsp3) is 0.409. The Morgan fingerprint density at radius 2 is 2.00 bits per heavy atom. The number of benzene rings is 1. The predicted octanol–water partition coefficient (Wildman–Crippen LogP) is 3.52. The number of furan rings is 1. The minimum Gasteiger partial charge on any atom is -0.488 e. The maximum absolute atomic E-state index is 12.5. The van der Waals surface area contributed by atoms with E-state index >= 15 is 0 Å². The van der Waals surface area contributed by atoms with Crippen molar-refractivity contribution in [3.63, 3.8) is 0 Å². The summed E-state index contributed by atoms with van der Waals surface area (Å²) in [6.07, 6.45) is 5.44. The van der Waals surface area contributed by atoms with Crippen molar-refractivity contribution in [1.82, 2.24) is 15.0 Å². The van der Waals surface area contributed by atoms with Crippen LogP contribution in [0, 0.1) is 0 Å². The zero-order chi connectivity index (χ0) is 20.3. The number of rotatable bonds is 5. The van der Waals surface area contributed by atoms with E-state index in [4.69, 9.17) is 18.4 Å². The number of carbonyl (C=O) groups excluding carboxylic acids is 1. The molecule has 5 rings (SSSR count). The highest BCUT2D eigenvalue weighted by Gasteiger charge is 2.30. The van der Waals surface area contributed by atoms with E-state index in [1.807, 2.05) is 24.3 Å².